The first-order chi connectivity index (χ1) is 13.4. The monoisotopic (exact) mass is 477 g/mol. The number of nitrogens with zero attached hydrogens (tertiary/aromatic N) is 4. The number of aromatic nitrogens is 2. The second kappa shape index (κ2) is 9.67. The van der Waals surface area contributed by atoms with Crippen LogP contribution in [0.5, 0.6) is 0 Å². The predicted molar refractivity (Wildman–Crippen MR) is 120 cm³/mol. The summed E-state index contributed by atoms with van der Waals surface area (Å²) < 4.78 is 1.02. The summed E-state index contributed by atoms with van der Waals surface area (Å²) in [4.78, 5) is 21.5. The molecule has 0 fully saturated rings. The van der Waals surface area contributed by atoms with Crippen molar-refractivity contribution in [3.8, 4) is 0 Å². The van der Waals surface area contributed by atoms with Gasteiger partial charge in [-0.05, 0) is 44.0 Å². The second-order valence-corrected chi connectivity index (χ2v) is 9.23. The van der Waals surface area contributed by atoms with Crippen LogP contribution in [-0.2, 0) is 4.79 Å². The van der Waals surface area contributed by atoms with Crippen LogP contribution in [0.2, 0.25) is 0 Å². The lowest BCUT2D eigenvalue weighted by molar-refractivity contribution is -0.119. The van der Waals surface area contributed by atoms with Gasteiger partial charge in [0, 0.05) is 21.6 Å². The molecule has 2 heterocycles. The zero-order valence-electron chi connectivity index (χ0n) is 15.8. The number of aryl methyl sites for hydroxylation is 2. The van der Waals surface area contributed by atoms with E-state index in [1.54, 1.807) is 0 Å². The molecule has 3 rings (SSSR count). The molecule has 1 aliphatic heterocycles. The number of halogens is 1. The van der Waals surface area contributed by atoms with Gasteiger partial charge in [-0.3, -0.25) is 4.79 Å². The molecule has 0 aliphatic carbocycles. The van der Waals surface area contributed by atoms with E-state index < -0.39 is 0 Å². The minimum absolute atomic E-state index is 0.108. The molecule has 1 aliphatic rings. The average Bonchev–Trinajstić information content (AvgIpc) is 2.66. The molecule has 6 nitrogen and oxygen atoms in total. The Morgan fingerprint density at radius 2 is 1.89 bits per heavy atom. The molecule has 28 heavy (non-hydrogen) atoms. The van der Waals surface area contributed by atoms with Crippen LogP contribution >= 0.6 is 39.5 Å². The van der Waals surface area contributed by atoms with Crippen LogP contribution in [-0.4, -0.2) is 37.8 Å². The summed E-state index contributed by atoms with van der Waals surface area (Å²) in [6.45, 7) is 5.82. The van der Waals surface area contributed by atoms with Crippen molar-refractivity contribution in [2.45, 2.75) is 37.6 Å². The fraction of sp³-hybridized carbons (Fsp3) is 0.316. The zero-order valence-corrected chi connectivity index (χ0v) is 19.0. The maximum atomic E-state index is 12.7. The summed E-state index contributed by atoms with van der Waals surface area (Å²) >= 11 is 6.27. The van der Waals surface area contributed by atoms with Crippen molar-refractivity contribution in [2.75, 3.05) is 5.75 Å². The highest BCUT2D eigenvalue weighted by atomic mass is 79.9. The molecule has 146 valence electrons. The predicted octanol–water partition coefficient (Wildman–Crippen LogP) is 4.35. The molecule has 0 saturated carbocycles. The van der Waals surface area contributed by atoms with Crippen LogP contribution in [0.1, 0.15) is 30.3 Å². The van der Waals surface area contributed by atoms with E-state index in [9.17, 15) is 4.79 Å². The van der Waals surface area contributed by atoms with Crippen molar-refractivity contribution in [1.29, 1.82) is 0 Å². The molecule has 1 aromatic heterocycles. The van der Waals surface area contributed by atoms with E-state index in [-0.39, 0.29) is 11.2 Å². The summed E-state index contributed by atoms with van der Waals surface area (Å²) in [5, 5.41) is 12.2. The summed E-state index contributed by atoms with van der Waals surface area (Å²) in [6, 6.07) is 9.86. The number of nitrogens with one attached hydrogen (secondary N) is 1. The van der Waals surface area contributed by atoms with Crippen molar-refractivity contribution in [2.24, 2.45) is 10.2 Å². The highest BCUT2D eigenvalue weighted by Gasteiger charge is 2.22. The van der Waals surface area contributed by atoms with Crippen LogP contribution in [0.4, 0.5) is 0 Å². The summed E-state index contributed by atoms with van der Waals surface area (Å²) in [5.74, 6) is 0.550. The van der Waals surface area contributed by atoms with Gasteiger partial charge < -0.3 is 5.32 Å². The quantitative estimate of drug-likeness (QED) is 0.511. The van der Waals surface area contributed by atoms with Gasteiger partial charge in [-0.15, -0.1) is 5.10 Å². The van der Waals surface area contributed by atoms with E-state index in [0.717, 1.165) is 27.1 Å². The molecule has 1 N–H and O–H groups in total. The van der Waals surface area contributed by atoms with Crippen molar-refractivity contribution < 1.29 is 4.79 Å². The van der Waals surface area contributed by atoms with Crippen molar-refractivity contribution in [3.05, 3.63) is 51.8 Å². The number of benzene rings is 1. The van der Waals surface area contributed by atoms with Crippen molar-refractivity contribution in [3.63, 3.8) is 0 Å². The van der Waals surface area contributed by atoms with Crippen molar-refractivity contribution >= 4 is 56.2 Å². The number of amides is 1. The molecule has 1 amide bonds. The molecule has 0 unspecified atom stereocenters. The van der Waals surface area contributed by atoms with E-state index in [4.69, 9.17) is 0 Å². The maximum Gasteiger partial charge on any atom is 0.239 e. The Morgan fingerprint density at radius 1 is 1.21 bits per heavy atom. The van der Waals surface area contributed by atoms with Gasteiger partial charge in [-0.1, -0.05) is 58.5 Å². The molecule has 0 spiro atoms. The van der Waals surface area contributed by atoms with Gasteiger partial charge in [0.05, 0.1) is 11.0 Å². The normalized spacial score (nSPS) is 14.9. The second-order valence-electron chi connectivity index (χ2n) is 6.18. The van der Waals surface area contributed by atoms with Gasteiger partial charge >= 0.3 is 0 Å². The Hall–Kier alpha value is -1.71. The fourth-order valence-electron chi connectivity index (χ4n) is 2.53. The van der Waals surface area contributed by atoms with Gasteiger partial charge in [0.25, 0.3) is 0 Å². The van der Waals surface area contributed by atoms with Gasteiger partial charge in [0.15, 0.2) is 10.3 Å². The first kappa shape index (κ1) is 21.0. The number of amidine groups is 1. The number of carbonyl (C=O) groups is 1. The number of rotatable bonds is 5. The molecule has 1 atom stereocenters. The molecular formula is C19H20BrN5OS2. The highest BCUT2D eigenvalue weighted by molar-refractivity contribution is 9.10. The van der Waals surface area contributed by atoms with Gasteiger partial charge in [-0.25, -0.2) is 9.97 Å². The van der Waals surface area contributed by atoms with Crippen LogP contribution in [0.3, 0.4) is 0 Å². The third-order valence-corrected chi connectivity index (χ3v) is 6.52. The SMILES string of the molecule is CC[C@@H](Sc1nc(C)cc(C)n1)C(=O)NC1=NN=C(c2ccc(Br)cc2)CS1. The average molecular weight is 478 g/mol. The maximum absolute atomic E-state index is 12.7. The molecular weight excluding hydrogens is 458 g/mol. The van der Waals surface area contributed by atoms with Gasteiger partial charge in [0.1, 0.15) is 0 Å². The Balaban J connectivity index is 1.65. The minimum Gasteiger partial charge on any atom is -0.303 e. The Morgan fingerprint density at radius 3 is 2.46 bits per heavy atom. The Bertz CT molecular complexity index is 910. The Labute approximate surface area is 181 Å². The van der Waals surface area contributed by atoms with Crippen LogP contribution < -0.4 is 5.32 Å². The molecule has 1 aromatic carbocycles. The third-order valence-electron chi connectivity index (χ3n) is 3.89. The molecule has 0 saturated heterocycles. The first-order valence-corrected chi connectivity index (χ1v) is 11.4. The van der Waals surface area contributed by atoms with Crippen LogP contribution in [0.15, 0.2) is 50.2 Å². The highest BCUT2D eigenvalue weighted by Crippen LogP contribution is 2.24. The van der Waals surface area contributed by atoms with Gasteiger partial charge in [-0.2, -0.15) is 5.10 Å². The smallest absolute Gasteiger partial charge is 0.239 e. The molecule has 0 radical (unpaired) electrons. The lowest BCUT2D eigenvalue weighted by Gasteiger charge is -2.16. The van der Waals surface area contributed by atoms with E-state index >= 15 is 0 Å². The summed E-state index contributed by atoms with van der Waals surface area (Å²) in [7, 11) is 0. The van der Waals surface area contributed by atoms with Gasteiger partial charge in [0.2, 0.25) is 5.91 Å². The molecule has 9 heteroatoms. The number of hydrogen-bond donors (Lipinski definition) is 1. The third kappa shape index (κ3) is 5.65. The molecule has 0 bridgehead atoms. The number of thioether (sulfide) groups is 2. The topological polar surface area (TPSA) is 79.6 Å². The minimum atomic E-state index is -0.290. The van der Waals surface area contributed by atoms with Crippen LogP contribution in [0.25, 0.3) is 0 Å². The number of carbonyl (C=O) groups excluding carboxylic acids is 1. The van der Waals surface area contributed by atoms with E-state index in [2.05, 4.69) is 41.4 Å². The largest absolute Gasteiger partial charge is 0.303 e. The lowest BCUT2D eigenvalue weighted by Crippen LogP contribution is -2.37. The zero-order chi connectivity index (χ0) is 20.1. The summed E-state index contributed by atoms with van der Waals surface area (Å²) in [6.07, 6.45) is 0.665. The number of hydrogen-bond acceptors (Lipinski definition) is 7. The fourth-order valence-corrected chi connectivity index (χ4v) is 4.54. The van der Waals surface area contributed by atoms with Crippen LogP contribution in [0, 0.1) is 13.8 Å². The van der Waals surface area contributed by atoms with E-state index in [1.165, 1.54) is 23.5 Å². The van der Waals surface area contributed by atoms with Crippen molar-refractivity contribution in [1.82, 2.24) is 15.3 Å². The molecule has 2 aromatic rings. The van der Waals surface area contributed by atoms with E-state index in [1.807, 2.05) is 51.1 Å². The van der Waals surface area contributed by atoms with E-state index in [0.29, 0.717) is 22.5 Å². The first-order valence-electron chi connectivity index (χ1n) is 8.77. The lowest BCUT2D eigenvalue weighted by atomic mass is 10.1. The summed E-state index contributed by atoms with van der Waals surface area (Å²) in [5.41, 5.74) is 3.71. The standard InChI is InChI=1S/C19H20BrN5OS2/c1-4-16(28-18-21-11(2)9-12(3)22-18)17(26)23-19-25-24-15(10-27-19)13-5-7-14(20)8-6-13/h5-9,16H,4,10H2,1-3H3,(H,23,25,26)/t16-/m1/s1. The Kier molecular flexibility index (Phi) is 7.25.